The molecule has 4 nitrogen and oxygen atoms in total. The molecule has 0 saturated carbocycles. The summed E-state index contributed by atoms with van der Waals surface area (Å²) in [5, 5.41) is 4.28. The fraction of sp³-hybridized carbons (Fsp3) is 0.0169. The number of para-hydroxylation sites is 2. The number of hydrogen-bond acceptors (Lipinski definition) is 4. The van der Waals surface area contributed by atoms with Crippen molar-refractivity contribution in [2.24, 2.45) is 0 Å². The fourth-order valence-corrected chi connectivity index (χ4v) is 10.8. The number of aromatic nitrogens is 2. The summed E-state index contributed by atoms with van der Waals surface area (Å²) >= 11 is 0. The molecule has 0 saturated heterocycles. The van der Waals surface area contributed by atoms with Crippen molar-refractivity contribution in [2.75, 3.05) is 0 Å². The largest absolute Gasteiger partial charge is 0.456 e. The molecule has 0 N–H and O–H groups in total. The molecule has 63 heavy (non-hydrogen) atoms. The zero-order valence-corrected chi connectivity index (χ0v) is 33.8. The van der Waals surface area contributed by atoms with E-state index in [1.165, 1.54) is 44.5 Å². The standard InChI is InChI=1S/C59H34N2O2/c1-6-19-48-40(14-1)41-15-2-7-20-49(41)59(48)50-21-8-3-16-42(50)43-27-24-36(33-51(43)59)35-12-11-13-39(30-35)58-60-52(37-25-28-56-46(31-37)44-17-4-9-22-54(44)62-56)34-53(61-58)38-26-29-57-47(32-38)45-18-5-10-23-55(45)63-57/h1-34H. The van der Waals surface area contributed by atoms with Crippen LogP contribution in [0.5, 0.6) is 0 Å². The Labute approximate surface area is 362 Å². The predicted octanol–water partition coefficient (Wildman–Crippen LogP) is 15.3. The third-order valence-electron chi connectivity index (χ3n) is 13.5. The molecule has 3 heterocycles. The lowest BCUT2D eigenvalue weighted by Crippen LogP contribution is -2.25. The quantitative estimate of drug-likeness (QED) is 0.178. The lowest BCUT2D eigenvalue weighted by atomic mass is 9.70. The molecule has 0 radical (unpaired) electrons. The topological polar surface area (TPSA) is 52.1 Å². The number of benzene rings is 9. The summed E-state index contributed by atoms with van der Waals surface area (Å²) in [6, 6.07) is 73.8. The number of nitrogens with zero attached hydrogens (tertiary/aromatic N) is 2. The Morgan fingerprint density at radius 3 is 1.30 bits per heavy atom. The van der Waals surface area contributed by atoms with Gasteiger partial charge in [0.1, 0.15) is 22.3 Å². The highest BCUT2D eigenvalue weighted by Crippen LogP contribution is 2.63. The Balaban J connectivity index is 0.947. The summed E-state index contributed by atoms with van der Waals surface area (Å²) in [6.07, 6.45) is 0. The summed E-state index contributed by atoms with van der Waals surface area (Å²) in [7, 11) is 0. The molecule has 0 atom stereocenters. The van der Waals surface area contributed by atoms with Crippen LogP contribution in [0.2, 0.25) is 0 Å². The average molecular weight is 803 g/mol. The zero-order chi connectivity index (χ0) is 41.2. The number of hydrogen-bond donors (Lipinski definition) is 0. The van der Waals surface area contributed by atoms with Gasteiger partial charge in [0.15, 0.2) is 5.82 Å². The third-order valence-corrected chi connectivity index (χ3v) is 13.5. The van der Waals surface area contributed by atoms with Crippen molar-refractivity contribution < 1.29 is 8.83 Å². The Hall–Kier alpha value is -8.34. The molecule has 2 aliphatic rings. The van der Waals surface area contributed by atoms with Gasteiger partial charge in [-0.05, 0) is 122 Å². The van der Waals surface area contributed by atoms with E-state index in [-0.39, 0.29) is 0 Å². The van der Waals surface area contributed by atoms with Crippen LogP contribution in [0.25, 0.3) is 111 Å². The minimum absolute atomic E-state index is 0.415. The van der Waals surface area contributed by atoms with Gasteiger partial charge in [-0.25, -0.2) is 9.97 Å². The molecule has 9 aromatic carbocycles. The fourth-order valence-electron chi connectivity index (χ4n) is 10.8. The second-order valence-electron chi connectivity index (χ2n) is 16.8. The number of fused-ring (bicyclic) bond motifs is 16. The molecule has 14 rings (SSSR count). The minimum Gasteiger partial charge on any atom is -0.456 e. The van der Waals surface area contributed by atoms with Crippen LogP contribution in [0.15, 0.2) is 215 Å². The molecule has 0 unspecified atom stereocenters. The van der Waals surface area contributed by atoms with Crippen LogP contribution in [0.4, 0.5) is 0 Å². The zero-order valence-electron chi connectivity index (χ0n) is 33.8. The van der Waals surface area contributed by atoms with E-state index in [1.807, 2.05) is 24.3 Å². The van der Waals surface area contributed by atoms with E-state index in [0.29, 0.717) is 5.82 Å². The molecule has 0 bridgehead atoms. The molecular formula is C59H34N2O2. The number of furan rings is 2. The van der Waals surface area contributed by atoms with Crippen molar-refractivity contribution in [3.05, 3.63) is 229 Å². The maximum atomic E-state index is 6.22. The van der Waals surface area contributed by atoms with Crippen LogP contribution in [-0.2, 0) is 5.41 Å². The van der Waals surface area contributed by atoms with Gasteiger partial charge in [-0.2, -0.15) is 0 Å². The van der Waals surface area contributed by atoms with Gasteiger partial charge in [0, 0.05) is 38.2 Å². The van der Waals surface area contributed by atoms with Gasteiger partial charge in [0.25, 0.3) is 0 Å². The summed E-state index contributed by atoms with van der Waals surface area (Å²) in [4.78, 5) is 10.7. The van der Waals surface area contributed by atoms with Gasteiger partial charge in [-0.3, -0.25) is 0 Å². The van der Waals surface area contributed by atoms with Crippen molar-refractivity contribution in [1.82, 2.24) is 9.97 Å². The maximum Gasteiger partial charge on any atom is 0.160 e. The van der Waals surface area contributed by atoms with Crippen molar-refractivity contribution in [3.63, 3.8) is 0 Å². The van der Waals surface area contributed by atoms with Crippen LogP contribution in [0, 0.1) is 0 Å². The van der Waals surface area contributed by atoms with E-state index in [9.17, 15) is 0 Å². The van der Waals surface area contributed by atoms with Crippen LogP contribution in [0.3, 0.4) is 0 Å². The van der Waals surface area contributed by atoms with E-state index >= 15 is 0 Å². The van der Waals surface area contributed by atoms with Crippen LogP contribution in [-0.4, -0.2) is 9.97 Å². The van der Waals surface area contributed by atoms with E-state index in [4.69, 9.17) is 18.8 Å². The summed E-state index contributed by atoms with van der Waals surface area (Å²) in [6.45, 7) is 0. The monoisotopic (exact) mass is 802 g/mol. The van der Waals surface area contributed by atoms with Crippen molar-refractivity contribution >= 4 is 43.9 Å². The van der Waals surface area contributed by atoms with Crippen molar-refractivity contribution in [1.29, 1.82) is 0 Å². The highest BCUT2D eigenvalue weighted by atomic mass is 16.3. The normalized spacial score (nSPS) is 13.2. The Morgan fingerprint density at radius 2 is 0.730 bits per heavy atom. The predicted molar refractivity (Wildman–Crippen MR) is 255 cm³/mol. The molecule has 0 aliphatic heterocycles. The van der Waals surface area contributed by atoms with E-state index < -0.39 is 5.41 Å². The Bertz CT molecular complexity index is 3690. The summed E-state index contributed by atoms with van der Waals surface area (Å²) in [5.41, 5.74) is 20.4. The summed E-state index contributed by atoms with van der Waals surface area (Å²) < 4.78 is 12.4. The van der Waals surface area contributed by atoms with E-state index in [2.05, 4.69) is 182 Å². The Morgan fingerprint density at radius 1 is 0.286 bits per heavy atom. The van der Waals surface area contributed by atoms with Gasteiger partial charge < -0.3 is 8.83 Å². The Kier molecular flexibility index (Phi) is 7.01. The lowest BCUT2D eigenvalue weighted by Gasteiger charge is -2.30. The average Bonchev–Trinajstić information content (AvgIpc) is 4.08. The molecular weight excluding hydrogens is 769 g/mol. The van der Waals surface area contributed by atoms with Gasteiger partial charge in [-0.15, -0.1) is 0 Å². The minimum atomic E-state index is -0.415. The molecule has 0 fully saturated rings. The second-order valence-corrected chi connectivity index (χ2v) is 16.8. The first-order chi connectivity index (χ1) is 31.2. The van der Waals surface area contributed by atoms with Gasteiger partial charge in [-0.1, -0.05) is 140 Å². The molecule has 1 spiro atoms. The summed E-state index contributed by atoms with van der Waals surface area (Å²) in [5.74, 6) is 0.655. The molecule has 0 amide bonds. The van der Waals surface area contributed by atoms with Crippen LogP contribution < -0.4 is 0 Å². The molecule has 3 aromatic heterocycles. The molecule has 12 aromatic rings. The lowest BCUT2D eigenvalue weighted by molar-refractivity contribution is 0.668. The van der Waals surface area contributed by atoms with Crippen LogP contribution >= 0.6 is 0 Å². The highest BCUT2D eigenvalue weighted by Gasteiger charge is 2.51. The van der Waals surface area contributed by atoms with Gasteiger partial charge in [0.2, 0.25) is 0 Å². The van der Waals surface area contributed by atoms with Gasteiger partial charge in [0.05, 0.1) is 16.8 Å². The first-order valence-corrected chi connectivity index (χ1v) is 21.5. The van der Waals surface area contributed by atoms with Crippen molar-refractivity contribution in [2.45, 2.75) is 5.41 Å². The first kappa shape index (κ1) is 34.4. The first-order valence-electron chi connectivity index (χ1n) is 21.5. The second kappa shape index (κ2) is 12.8. The molecule has 2 aliphatic carbocycles. The van der Waals surface area contributed by atoms with Crippen LogP contribution in [0.1, 0.15) is 22.3 Å². The third kappa shape index (κ3) is 4.86. The van der Waals surface area contributed by atoms with E-state index in [1.54, 1.807) is 0 Å². The SMILES string of the molecule is c1cc(-c2ccc3c(c2)C2(c4ccccc4-c4ccccc42)c2ccccc2-3)cc(-c2nc(-c3ccc4oc5ccccc5c4c3)cc(-c3ccc4oc5ccccc5c4c3)n2)c1. The highest BCUT2D eigenvalue weighted by molar-refractivity contribution is 6.07. The maximum absolute atomic E-state index is 6.22. The van der Waals surface area contributed by atoms with Crippen molar-refractivity contribution in [3.8, 4) is 67.3 Å². The molecule has 4 heteroatoms. The van der Waals surface area contributed by atoms with E-state index in [0.717, 1.165) is 83.1 Å². The number of rotatable bonds is 4. The van der Waals surface area contributed by atoms with Gasteiger partial charge >= 0.3 is 0 Å². The smallest absolute Gasteiger partial charge is 0.160 e. The molecule has 292 valence electrons.